The molecular formula is C14H13Br2F2NO. The minimum absolute atomic E-state index is 0.0186. The Bertz CT molecular complexity index is 601. The normalized spacial score (nSPS) is 12.7. The SMILES string of the molecule is CCCNC(c1ccoc1Br)c1c(F)ccc(Br)c1F. The van der Waals surface area contributed by atoms with E-state index < -0.39 is 17.7 Å². The molecule has 0 aliphatic heterocycles. The Morgan fingerprint density at radius 2 is 2.00 bits per heavy atom. The summed E-state index contributed by atoms with van der Waals surface area (Å²) >= 11 is 6.35. The molecule has 1 aromatic carbocycles. The number of hydrogen-bond acceptors (Lipinski definition) is 2. The third kappa shape index (κ3) is 3.13. The fourth-order valence-corrected chi connectivity index (χ4v) is 2.79. The maximum atomic E-state index is 14.3. The van der Waals surface area contributed by atoms with Gasteiger partial charge in [0.25, 0.3) is 0 Å². The summed E-state index contributed by atoms with van der Waals surface area (Å²) in [6.07, 6.45) is 2.33. The van der Waals surface area contributed by atoms with Crippen molar-refractivity contribution in [1.29, 1.82) is 0 Å². The van der Waals surface area contributed by atoms with Crippen LogP contribution < -0.4 is 5.32 Å². The molecule has 1 heterocycles. The van der Waals surface area contributed by atoms with Crippen molar-refractivity contribution in [3.63, 3.8) is 0 Å². The lowest BCUT2D eigenvalue weighted by Crippen LogP contribution is -2.25. The molecule has 6 heteroatoms. The van der Waals surface area contributed by atoms with Crippen LogP contribution in [-0.2, 0) is 0 Å². The zero-order chi connectivity index (χ0) is 14.7. The molecule has 2 nitrogen and oxygen atoms in total. The second kappa shape index (κ2) is 6.83. The lowest BCUT2D eigenvalue weighted by atomic mass is 10.00. The fourth-order valence-electron chi connectivity index (χ4n) is 1.97. The van der Waals surface area contributed by atoms with Gasteiger partial charge in [-0.2, -0.15) is 0 Å². The van der Waals surface area contributed by atoms with E-state index in [2.05, 4.69) is 37.2 Å². The predicted octanol–water partition coefficient (Wildman–Crippen LogP) is 5.17. The zero-order valence-corrected chi connectivity index (χ0v) is 13.9. The highest BCUT2D eigenvalue weighted by molar-refractivity contribution is 9.10. The fraction of sp³-hybridized carbons (Fsp3) is 0.286. The van der Waals surface area contributed by atoms with Gasteiger partial charge in [-0.25, -0.2) is 8.78 Å². The maximum absolute atomic E-state index is 14.3. The Morgan fingerprint density at radius 1 is 1.25 bits per heavy atom. The Labute approximate surface area is 132 Å². The van der Waals surface area contributed by atoms with Crippen LogP contribution in [0.25, 0.3) is 0 Å². The molecule has 1 aromatic heterocycles. The quantitative estimate of drug-likeness (QED) is 0.690. The average molecular weight is 409 g/mol. The summed E-state index contributed by atoms with van der Waals surface area (Å²) in [5.74, 6) is -1.20. The molecule has 0 bridgehead atoms. The summed E-state index contributed by atoms with van der Waals surface area (Å²) in [7, 11) is 0. The first kappa shape index (κ1) is 15.7. The molecule has 0 spiro atoms. The van der Waals surface area contributed by atoms with E-state index in [9.17, 15) is 8.78 Å². The molecule has 0 aliphatic rings. The molecule has 0 radical (unpaired) electrons. The molecule has 108 valence electrons. The monoisotopic (exact) mass is 407 g/mol. The van der Waals surface area contributed by atoms with Crippen LogP contribution >= 0.6 is 31.9 Å². The molecule has 2 rings (SSSR count). The van der Waals surface area contributed by atoms with Crippen LogP contribution in [0.15, 0.2) is 38.0 Å². The molecule has 20 heavy (non-hydrogen) atoms. The van der Waals surface area contributed by atoms with E-state index in [4.69, 9.17) is 4.42 Å². The van der Waals surface area contributed by atoms with Crippen LogP contribution in [0.4, 0.5) is 8.78 Å². The Hall–Kier alpha value is -0.720. The minimum atomic E-state index is -0.611. The van der Waals surface area contributed by atoms with Gasteiger partial charge in [-0.15, -0.1) is 0 Å². The topological polar surface area (TPSA) is 25.2 Å². The van der Waals surface area contributed by atoms with E-state index in [1.54, 1.807) is 6.07 Å². The summed E-state index contributed by atoms with van der Waals surface area (Å²) < 4.78 is 34.2. The summed E-state index contributed by atoms with van der Waals surface area (Å²) in [5.41, 5.74) is 0.643. The van der Waals surface area contributed by atoms with Crippen molar-refractivity contribution in [3.8, 4) is 0 Å². The van der Waals surface area contributed by atoms with Gasteiger partial charge < -0.3 is 9.73 Å². The van der Waals surface area contributed by atoms with E-state index in [1.807, 2.05) is 6.92 Å². The van der Waals surface area contributed by atoms with E-state index in [1.165, 1.54) is 18.4 Å². The summed E-state index contributed by atoms with van der Waals surface area (Å²) in [4.78, 5) is 0. The molecule has 1 unspecified atom stereocenters. The molecule has 0 amide bonds. The van der Waals surface area contributed by atoms with Crippen LogP contribution in [0.2, 0.25) is 0 Å². The van der Waals surface area contributed by atoms with Crippen molar-refractivity contribution in [2.75, 3.05) is 6.54 Å². The predicted molar refractivity (Wildman–Crippen MR) is 80.6 cm³/mol. The van der Waals surface area contributed by atoms with Gasteiger partial charge in [-0.3, -0.25) is 0 Å². The van der Waals surface area contributed by atoms with E-state index in [0.29, 0.717) is 16.8 Å². The second-order valence-electron chi connectivity index (χ2n) is 4.29. The van der Waals surface area contributed by atoms with Crippen molar-refractivity contribution in [3.05, 3.63) is 56.4 Å². The van der Waals surface area contributed by atoms with Crippen molar-refractivity contribution in [2.45, 2.75) is 19.4 Å². The molecule has 2 aromatic rings. The van der Waals surface area contributed by atoms with Gasteiger partial charge in [0.2, 0.25) is 0 Å². The van der Waals surface area contributed by atoms with Crippen LogP contribution in [-0.4, -0.2) is 6.54 Å². The Kier molecular flexibility index (Phi) is 5.35. The number of halogens is 4. The maximum Gasteiger partial charge on any atom is 0.174 e. The van der Waals surface area contributed by atoms with Crippen molar-refractivity contribution >= 4 is 31.9 Å². The van der Waals surface area contributed by atoms with Gasteiger partial charge in [-0.1, -0.05) is 6.92 Å². The highest BCUT2D eigenvalue weighted by atomic mass is 79.9. The first-order valence-corrected chi connectivity index (χ1v) is 7.74. The summed E-state index contributed by atoms with van der Waals surface area (Å²) in [5, 5.41) is 3.15. The first-order chi connectivity index (χ1) is 9.56. The Morgan fingerprint density at radius 3 is 2.60 bits per heavy atom. The molecule has 1 atom stereocenters. The van der Waals surface area contributed by atoms with E-state index >= 15 is 0 Å². The summed E-state index contributed by atoms with van der Waals surface area (Å²) in [6.45, 7) is 2.62. The van der Waals surface area contributed by atoms with Crippen molar-refractivity contribution in [1.82, 2.24) is 5.32 Å². The molecule has 0 saturated heterocycles. The third-order valence-electron chi connectivity index (χ3n) is 2.92. The average Bonchev–Trinajstić information content (AvgIpc) is 2.84. The molecular weight excluding hydrogens is 396 g/mol. The number of benzene rings is 1. The highest BCUT2D eigenvalue weighted by Crippen LogP contribution is 2.34. The van der Waals surface area contributed by atoms with Crippen molar-refractivity contribution in [2.24, 2.45) is 0 Å². The van der Waals surface area contributed by atoms with Crippen LogP contribution in [0.3, 0.4) is 0 Å². The molecule has 0 fully saturated rings. The lowest BCUT2D eigenvalue weighted by Gasteiger charge is -2.20. The Balaban J connectivity index is 2.52. The van der Waals surface area contributed by atoms with E-state index in [-0.39, 0.29) is 10.0 Å². The smallest absolute Gasteiger partial charge is 0.174 e. The first-order valence-electron chi connectivity index (χ1n) is 6.16. The van der Waals surface area contributed by atoms with Gasteiger partial charge in [0.15, 0.2) is 4.67 Å². The van der Waals surface area contributed by atoms with Gasteiger partial charge in [0.1, 0.15) is 11.6 Å². The van der Waals surface area contributed by atoms with Crippen LogP contribution in [0.1, 0.15) is 30.5 Å². The standard InChI is InChI=1S/C14H13Br2F2NO/c1-2-6-19-13(8-5-7-20-14(8)16)11-10(17)4-3-9(15)12(11)18/h3-5,7,13,19H,2,6H2,1H3. The largest absolute Gasteiger partial charge is 0.457 e. The van der Waals surface area contributed by atoms with Crippen LogP contribution in [0.5, 0.6) is 0 Å². The number of rotatable bonds is 5. The zero-order valence-electron chi connectivity index (χ0n) is 10.7. The molecule has 1 N–H and O–H groups in total. The lowest BCUT2D eigenvalue weighted by molar-refractivity contribution is 0.488. The summed E-state index contributed by atoms with van der Waals surface area (Å²) in [6, 6.07) is 3.68. The van der Waals surface area contributed by atoms with Gasteiger partial charge in [0.05, 0.1) is 16.8 Å². The number of hydrogen-bond donors (Lipinski definition) is 1. The van der Waals surface area contributed by atoms with Gasteiger partial charge in [-0.05, 0) is 63.0 Å². The minimum Gasteiger partial charge on any atom is -0.457 e. The van der Waals surface area contributed by atoms with Gasteiger partial charge >= 0.3 is 0 Å². The van der Waals surface area contributed by atoms with Gasteiger partial charge in [0, 0.05) is 11.1 Å². The number of furan rings is 1. The second-order valence-corrected chi connectivity index (χ2v) is 5.87. The molecule has 0 saturated carbocycles. The van der Waals surface area contributed by atoms with Crippen molar-refractivity contribution < 1.29 is 13.2 Å². The van der Waals surface area contributed by atoms with E-state index in [0.717, 1.165) is 6.42 Å². The third-order valence-corrected chi connectivity index (χ3v) is 4.18. The van der Waals surface area contributed by atoms with Crippen LogP contribution in [0, 0.1) is 11.6 Å². The molecule has 0 aliphatic carbocycles. The highest BCUT2D eigenvalue weighted by Gasteiger charge is 2.26. The number of nitrogens with one attached hydrogen (secondary N) is 1.